The van der Waals surface area contributed by atoms with E-state index in [0.717, 1.165) is 29.4 Å². The Morgan fingerprint density at radius 2 is 2.00 bits per heavy atom. The molecule has 0 aliphatic heterocycles. The van der Waals surface area contributed by atoms with Crippen molar-refractivity contribution in [2.75, 3.05) is 5.32 Å². The van der Waals surface area contributed by atoms with E-state index in [0.29, 0.717) is 11.6 Å². The van der Waals surface area contributed by atoms with E-state index in [1.54, 1.807) is 6.20 Å². The average Bonchev–Trinajstić information content (AvgIpc) is 2.92. The topological polar surface area (TPSA) is 48.7 Å². The van der Waals surface area contributed by atoms with Crippen LogP contribution in [0.2, 0.25) is 0 Å². The molecule has 1 aromatic carbocycles. The Morgan fingerprint density at radius 1 is 1.22 bits per heavy atom. The summed E-state index contributed by atoms with van der Waals surface area (Å²) >= 11 is 0. The quantitative estimate of drug-likeness (QED) is 0.813. The molecule has 0 unspecified atom stereocenters. The van der Waals surface area contributed by atoms with Gasteiger partial charge >= 0.3 is 0 Å². The lowest BCUT2D eigenvalue weighted by Crippen LogP contribution is -2.16. The molecule has 0 bridgehead atoms. The smallest absolute Gasteiger partial charge is 0.103 e. The highest BCUT2D eigenvalue weighted by atomic mass is 14.9. The summed E-state index contributed by atoms with van der Waals surface area (Å²) in [5.41, 5.74) is 2.45. The van der Waals surface area contributed by atoms with Crippen LogP contribution in [0, 0.1) is 11.3 Å². The molecule has 3 nitrogen and oxygen atoms in total. The van der Waals surface area contributed by atoms with Gasteiger partial charge in [-0.2, -0.15) is 5.26 Å². The summed E-state index contributed by atoms with van der Waals surface area (Å²) in [5.74, 6) is 0. The molecule has 1 aliphatic rings. The second-order valence-electron chi connectivity index (χ2n) is 4.46. The molecule has 18 heavy (non-hydrogen) atoms. The maximum Gasteiger partial charge on any atom is 0.103 e. The fourth-order valence-electron chi connectivity index (χ4n) is 2.32. The Labute approximate surface area is 106 Å². The zero-order valence-corrected chi connectivity index (χ0v) is 9.93. The summed E-state index contributed by atoms with van der Waals surface area (Å²) in [6.45, 7) is 0. The molecule has 1 aromatic heterocycles. The molecule has 1 N–H and O–H groups in total. The van der Waals surface area contributed by atoms with Crippen molar-refractivity contribution in [3.8, 4) is 6.07 Å². The van der Waals surface area contributed by atoms with Crippen LogP contribution in [-0.2, 0) is 0 Å². The van der Waals surface area contributed by atoms with Crippen molar-refractivity contribution < 1.29 is 0 Å². The molecule has 0 radical (unpaired) electrons. The maximum absolute atomic E-state index is 9.21. The molecule has 88 valence electrons. The van der Waals surface area contributed by atoms with Crippen molar-refractivity contribution in [1.29, 1.82) is 5.26 Å². The van der Waals surface area contributed by atoms with Crippen LogP contribution in [-0.4, -0.2) is 11.0 Å². The van der Waals surface area contributed by atoms with Crippen molar-refractivity contribution in [2.45, 2.75) is 18.9 Å². The number of fused-ring (bicyclic) bond motifs is 1. The van der Waals surface area contributed by atoms with E-state index in [2.05, 4.69) is 28.5 Å². The van der Waals surface area contributed by atoms with E-state index in [1.165, 1.54) is 0 Å². The number of anilines is 1. The summed E-state index contributed by atoms with van der Waals surface area (Å²) in [6.07, 6.45) is 8.02. The minimum Gasteiger partial charge on any atom is -0.380 e. The van der Waals surface area contributed by atoms with Gasteiger partial charge in [-0.25, -0.2) is 0 Å². The zero-order chi connectivity index (χ0) is 12.4. The Bertz CT molecular complexity index is 644. The van der Waals surface area contributed by atoms with E-state index < -0.39 is 0 Å². The highest BCUT2D eigenvalue weighted by molar-refractivity contribution is 5.93. The lowest BCUT2D eigenvalue weighted by Gasteiger charge is -2.16. The number of hydrogen-bond donors (Lipinski definition) is 1. The Morgan fingerprint density at radius 3 is 2.78 bits per heavy atom. The number of para-hydroxylation sites is 1. The molecular formula is C15H13N3. The normalized spacial score (nSPS) is 14.8. The first kappa shape index (κ1) is 10.8. The van der Waals surface area contributed by atoms with Gasteiger partial charge in [-0.3, -0.25) is 4.98 Å². The fourth-order valence-corrected chi connectivity index (χ4v) is 2.32. The van der Waals surface area contributed by atoms with Crippen LogP contribution in [0.25, 0.3) is 10.9 Å². The van der Waals surface area contributed by atoms with Crippen LogP contribution in [0.1, 0.15) is 18.4 Å². The second-order valence-corrected chi connectivity index (χ2v) is 4.46. The molecule has 0 saturated heterocycles. The molecular weight excluding hydrogens is 222 g/mol. The van der Waals surface area contributed by atoms with Gasteiger partial charge in [0.2, 0.25) is 0 Å². The monoisotopic (exact) mass is 235 g/mol. The van der Waals surface area contributed by atoms with E-state index in [4.69, 9.17) is 0 Å². The highest BCUT2D eigenvalue weighted by Crippen LogP contribution is 2.27. The van der Waals surface area contributed by atoms with Gasteiger partial charge in [-0.15, -0.1) is 0 Å². The van der Waals surface area contributed by atoms with Crippen LogP contribution in [0.15, 0.2) is 42.6 Å². The van der Waals surface area contributed by atoms with Crippen LogP contribution >= 0.6 is 0 Å². The molecule has 0 amide bonds. The van der Waals surface area contributed by atoms with Crippen molar-refractivity contribution in [3.63, 3.8) is 0 Å². The number of hydrogen-bond acceptors (Lipinski definition) is 3. The molecule has 3 rings (SSSR count). The van der Waals surface area contributed by atoms with Crippen LogP contribution in [0.3, 0.4) is 0 Å². The number of aromatic nitrogens is 1. The third kappa shape index (κ3) is 1.82. The van der Waals surface area contributed by atoms with Crippen molar-refractivity contribution in [1.82, 2.24) is 4.98 Å². The molecule has 0 saturated carbocycles. The van der Waals surface area contributed by atoms with E-state index in [1.807, 2.05) is 24.3 Å². The number of pyridine rings is 1. The number of nitrogens with zero attached hydrogens (tertiary/aromatic N) is 2. The molecule has 2 aromatic rings. The van der Waals surface area contributed by atoms with E-state index in [9.17, 15) is 5.26 Å². The average molecular weight is 235 g/mol. The summed E-state index contributed by atoms with van der Waals surface area (Å²) in [7, 11) is 0. The van der Waals surface area contributed by atoms with Gasteiger partial charge in [0.15, 0.2) is 0 Å². The SMILES string of the molecule is N#Cc1cnc2ccccc2c1NC1CC=CC1. The summed E-state index contributed by atoms with van der Waals surface area (Å²) in [4.78, 5) is 4.31. The Hall–Kier alpha value is -2.34. The zero-order valence-electron chi connectivity index (χ0n) is 9.93. The first-order valence-electron chi connectivity index (χ1n) is 6.08. The van der Waals surface area contributed by atoms with Crippen LogP contribution < -0.4 is 5.32 Å². The van der Waals surface area contributed by atoms with Crippen LogP contribution in [0.5, 0.6) is 0 Å². The molecule has 0 fully saturated rings. The summed E-state index contributed by atoms with van der Waals surface area (Å²) in [6, 6.07) is 10.5. The Kier molecular flexibility index (Phi) is 2.70. The molecule has 1 aliphatic carbocycles. The third-order valence-electron chi connectivity index (χ3n) is 3.25. The fraction of sp³-hybridized carbons (Fsp3) is 0.200. The molecule has 1 heterocycles. The van der Waals surface area contributed by atoms with Crippen molar-refractivity contribution >= 4 is 16.6 Å². The van der Waals surface area contributed by atoms with Gasteiger partial charge in [0.05, 0.1) is 16.8 Å². The van der Waals surface area contributed by atoms with Crippen molar-refractivity contribution in [3.05, 3.63) is 48.2 Å². The number of benzene rings is 1. The predicted molar refractivity (Wildman–Crippen MR) is 72.2 cm³/mol. The lowest BCUT2D eigenvalue weighted by molar-refractivity contribution is 0.787. The van der Waals surface area contributed by atoms with Crippen LogP contribution in [0.4, 0.5) is 5.69 Å². The van der Waals surface area contributed by atoms with Gasteiger partial charge in [-0.1, -0.05) is 30.4 Å². The minimum atomic E-state index is 0.392. The third-order valence-corrected chi connectivity index (χ3v) is 3.25. The molecule has 0 atom stereocenters. The summed E-state index contributed by atoms with van der Waals surface area (Å²) in [5, 5.41) is 13.7. The van der Waals surface area contributed by atoms with E-state index in [-0.39, 0.29) is 0 Å². The summed E-state index contributed by atoms with van der Waals surface area (Å²) < 4.78 is 0. The first-order chi connectivity index (χ1) is 8.88. The predicted octanol–water partition coefficient (Wildman–Crippen LogP) is 3.24. The van der Waals surface area contributed by atoms with Gasteiger partial charge in [0.1, 0.15) is 6.07 Å². The van der Waals surface area contributed by atoms with Gasteiger partial charge < -0.3 is 5.32 Å². The largest absolute Gasteiger partial charge is 0.380 e. The number of rotatable bonds is 2. The second kappa shape index (κ2) is 4.50. The minimum absolute atomic E-state index is 0.392. The molecule has 3 heteroatoms. The highest BCUT2D eigenvalue weighted by Gasteiger charge is 2.14. The first-order valence-corrected chi connectivity index (χ1v) is 6.08. The molecule has 0 spiro atoms. The van der Waals surface area contributed by atoms with Gasteiger partial charge in [0, 0.05) is 17.6 Å². The van der Waals surface area contributed by atoms with Gasteiger partial charge in [0.25, 0.3) is 0 Å². The standard InChI is InChI=1S/C15H13N3/c16-9-11-10-17-14-8-4-3-7-13(14)15(11)18-12-5-1-2-6-12/h1-4,7-8,10,12H,5-6H2,(H,17,18). The maximum atomic E-state index is 9.21. The van der Waals surface area contributed by atoms with E-state index >= 15 is 0 Å². The number of nitriles is 1. The van der Waals surface area contributed by atoms with Gasteiger partial charge in [-0.05, 0) is 18.9 Å². The van der Waals surface area contributed by atoms with Crippen molar-refractivity contribution in [2.24, 2.45) is 0 Å². The Balaban J connectivity index is 2.09. The lowest BCUT2D eigenvalue weighted by atomic mass is 10.1. The number of nitrogens with one attached hydrogen (secondary N) is 1.